The van der Waals surface area contributed by atoms with Crippen LogP contribution in [0.15, 0.2) is 5.16 Å². The molecule has 5 heteroatoms. The molecule has 5 aliphatic rings. The fourth-order valence-corrected chi connectivity index (χ4v) is 7.82. The van der Waals surface area contributed by atoms with Crippen molar-refractivity contribution in [3.05, 3.63) is 0 Å². The molecule has 0 unspecified atom stereocenters. The van der Waals surface area contributed by atoms with Crippen LogP contribution in [0.3, 0.4) is 0 Å². The van der Waals surface area contributed by atoms with Crippen LogP contribution in [0.4, 0.5) is 0 Å². The zero-order valence-electron chi connectivity index (χ0n) is 18.0. The molecule has 0 bridgehead atoms. The van der Waals surface area contributed by atoms with E-state index in [1.165, 1.54) is 6.42 Å². The maximum Gasteiger partial charge on any atom is 0.139 e. The van der Waals surface area contributed by atoms with Crippen molar-refractivity contribution in [1.82, 2.24) is 5.32 Å². The molecular formula is C24H36N2O3. The molecule has 0 aromatic heterocycles. The van der Waals surface area contributed by atoms with Crippen molar-refractivity contribution in [1.29, 1.82) is 0 Å². The van der Waals surface area contributed by atoms with Gasteiger partial charge in [0.05, 0.1) is 5.71 Å². The first-order chi connectivity index (χ1) is 13.9. The van der Waals surface area contributed by atoms with Crippen LogP contribution in [0.2, 0.25) is 0 Å². The molecule has 5 fully saturated rings. The Morgan fingerprint density at radius 1 is 1.07 bits per heavy atom. The Kier molecular flexibility index (Phi) is 4.88. The first-order valence-electron chi connectivity index (χ1n) is 11.9. The van der Waals surface area contributed by atoms with E-state index in [0.717, 1.165) is 63.6 Å². The fraction of sp³-hybridized carbons (Fsp3) is 0.875. The fourth-order valence-electron chi connectivity index (χ4n) is 7.82. The van der Waals surface area contributed by atoms with Gasteiger partial charge in [-0.15, -0.1) is 0 Å². The van der Waals surface area contributed by atoms with Crippen LogP contribution in [0.25, 0.3) is 0 Å². The minimum atomic E-state index is -0.159. The Morgan fingerprint density at radius 3 is 2.72 bits per heavy atom. The molecule has 29 heavy (non-hydrogen) atoms. The van der Waals surface area contributed by atoms with Gasteiger partial charge in [0.15, 0.2) is 0 Å². The molecule has 4 aliphatic carbocycles. The van der Waals surface area contributed by atoms with E-state index in [9.17, 15) is 9.59 Å². The largest absolute Gasteiger partial charge is 0.394 e. The quantitative estimate of drug-likeness (QED) is 0.730. The van der Waals surface area contributed by atoms with Crippen LogP contribution in [-0.2, 0) is 14.4 Å². The van der Waals surface area contributed by atoms with Crippen molar-refractivity contribution in [2.75, 3.05) is 13.2 Å². The smallest absolute Gasteiger partial charge is 0.139 e. The molecule has 0 aromatic rings. The van der Waals surface area contributed by atoms with E-state index in [4.69, 9.17) is 4.84 Å². The Morgan fingerprint density at radius 2 is 1.93 bits per heavy atom. The van der Waals surface area contributed by atoms with Gasteiger partial charge in [0.2, 0.25) is 0 Å². The predicted molar refractivity (Wildman–Crippen MR) is 112 cm³/mol. The van der Waals surface area contributed by atoms with Crippen LogP contribution in [-0.4, -0.2) is 36.5 Å². The van der Waals surface area contributed by atoms with E-state index >= 15 is 0 Å². The lowest BCUT2D eigenvalue weighted by molar-refractivity contribution is -0.152. The molecular weight excluding hydrogens is 364 g/mol. The van der Waals surface area contributed by atoms with E-state index in [2.05, 4.69) is 24.3 Å². The summed E-state index contributed by atoms with van der Waals surface area (Å²) in [5.74, 6) is 2.38. The summed E-state index contributed by atoms with van der Waals surface area (Å²) in [4.78, 5) is 31.5. The van der Waals surface area contributed by atoms with Crippen molar-refractivity contribution >= 4 is 17.3 Å². The average molecular weight is 401 g/mol. The first-order valence-corrected chi connectivity index (χ1v) is 11.9. The second-order valence-electron chi connectivity index (χ2n) is 11.0. The molecule has 0 spiro atoms. The summed E-state index contributed by atoms with van der Waals surface area (Å²) >= 11 is 0. The van der Waals surface area contributed by atoms with Gasteiger partial charge in [-0.25, -0.2) is 0 Å². The zero-order valence-corrected chi connectivity index (χ0v) is 18.0. The number of carbonyl (C=O) groups is 2. The summed E-state index contributed by atoms with van der Waals surface area (Å²) in [7, 11) is 0. The second-order valence-corrected chi connectivity index (χ2v) is 11.0. The van der Waals surface area contributed by atoms with E-state index in [0.29, 0.717) is 48.4 Å². The van der Waals surface area contributed by atoms with E-state index in [-0.39, 0.29) is 16.7 Å². The molecule has 1 aliphatic heterocycles. The van der Waals surface area contributed by atoms with Crippen LogP contribution in [0.5, 0.6) is 0 Å². The topological polar surface area (TPSA) is 67.8 Å². The number of oxime groups is 1. The molecule has 5 rings (SSSR count). The van der Waals surface area contributed by atoms with Gasteiger partial charge in [-0.1, -0.05) is 19.0 Å². The minimum Gasteiger partial charge on any atom is -0.394 e. The Hall–Kier alpha value is -1.23. The minimum absolute atomic E-state index is 0.0684. The molecule has 1 N–H and O–H groups in total. The van der Waals surface area contributed by atoms with Crippen molar-refractivity contribution in [3.8, 4) is 0 Å². The van der Waals surface area contributed by atoms with Crippen molar-refractivity contribution in [3.63, 3.8) is 0 Å². The zero-order chi connectivity index (χ0) is 20.2. The number of rotatable bonds is 3. The van der Waals surface area contributed by atoms with Gasteiger partial charge in [0, 0.05) is 30.2 Å². The number of Topliss-reactive ketones (excluding diaryl/α,β-unsaturated/α-hetero) is 2. The summed E-state index contributed by atoms with van der Waals surface area (Å²) in [6, 6.07) is 0.427. The lowest BCUT2D eigenvalue weighted by atomic mass is 9.45. The molecule has 1 heterocycles. The van der Waals surface area contributed by atoms with Gasteiger partial charge < -0.3 is 10.2 Å². The Labute approximate surface area is 174 Å². The summed E-state index contributed by atoms with van der Waals surface area (Å²) in [5, 5.41) is 7.90. The van der Waals surface area contributed by atoms with E-state index in [1.54, 1.807) is 0 Å². The van der Waals surface area contributed by atoms with E-state index < -0.39 is 0 Å². The molecule has 7 atom stereocenters. The van der Waals surface area contributed by atoms with Crippen molar-refractivity contribution in [2.45, 2.75) is 84.1 Å². The van der Waals surface area contributed by atoms with Gasteiger partial charge in [0.25, 0.3) is 0 Å². The standard InChI is InChI=1S/C24H36N2O3/c1-23-9-7-15(26-29-14-16-4-3-11-25-16)12-20(23)21(27)13-17-18-5-6-22(28)24(18,2)10-8-19(17)23/h16-20,25H,3-14H2,1-2H3/b26-15+/t16-,17-,18-,19-,20+,23+,24-/m0/s1. The highest BCUT2D eigenvalue weighted by molar-refractivity contribution is 5.93. The normalized spacial score (nSPS) is 48.3. The third kappa shape index (κ3) is 3.10. The highest BCUT2D eigenvalue weighted by Gasteiger charge is 2.62. The molecule has 0 amide bonds. The van der Waals surface area contributed by atoms with Gasteiger partial charge in [-0.2, -0.15) is 0 Å². The molecule has 0 radical (unpaired) electrons. The SMILES string of the molecule is C[C@]12CC/C(=N\OC[C@@H]3CCCN3)C[C@@H]1C(=O)C[C@@H]1[C@@H]2CC[C@]2(C)C(=O)CC[C@@H]12. The summed E-state index contributed by atoms with van der Waals surface area (Å²) in [6.45, 7) is 6.27. The Bertz CT molecular complexity index is 728. The average Bonchev–Trinajstić information content (AvgIpc) is 3.31. The Balaban J connectivity index is 1.30. The maximum absolute atomic E-state index is 13.3. The van der Waals surface area contributed by atoms with Gasteiger partial charge in [-0.3, -0.25) is 9.59 Å². The van der Waals surface area contributed by atoms with E-state index in [1.807, 2.05) is 0 Å². The number of nitrogens with zero attached hydrogens (tertiary/aromatic N) is 1. The van der Waals surface area contributed by atoms with Crippen LogP contribution >= 0.6 is 0 Å². The molecule has 1 saturated heterocycles. The van der Waals surface area contributed by atoms with Gasteiger partial charge in [0.1, 0.15) is 18.2 Å². The van der Waals surface area contributed by atoms with Crippen LogP contribution < -0.4 is 5.32 Å². The third-order valence-electron chi connectivity index (χ3n) is 9.64. The summed E-state index contributed by atoms with van der Waals surface area (Å²) in [6.07, 6.45) is 9.67. The first kappa shape index (κ1) is 19.7. The predicted octanol–water partition coefficient (Wildman–Crippen LogP) is 3.90. The van der Waals surface area contributed by atoms with Crippen molar-refractivity contribution < 1.29 is 14.4 Å². The number of carbonyl (C=O) groups excluding carboxylic acids is 2. The number of nitrogens with one attached hydrogen (secondary N) is 1. The maximum atomic E-state index is 13.3. The van der Waals surface area contributed by atoms with Gasteiger partial charge >= 0.3 is 0 Å². The highest BCUT2D eigenvalue weighted by atomic mass is 16.6. The highest BCUT2D eigenvalue weighted by Crippen LogP contribution is 2.64. The summed E-state index contributed by atoms with van der Waals surface area (Å²) < 4.78 is 0. The molecule has 5 nitrogen and oxygen atoms in total. The molecule has 0 aromatic carbocycles. The number of ketones is 2. The number of hydrogen-bond donors (Lipinski definition) is 1. The van der Waals surface area contributed by atoms with Crippen LogP contribution in [0, 0.1) is 34.5 Å². The van der Waals surface area contributed by atoms with Crippen LogP contribution in [0.1, 0.15) is 78.1 Å². The number of hydrogen-bond acceptors (Lipinski definition) is 5. The van der Waals surface area contributed by atoms with Gasteiger partial charge in [-0.05, 0) is 81.1 Å². The lowest BCUT2D eigenvalue weighted by Gasteiger charge is -2.58. The van der Waals surface area contributed by atoms with Crippen molar-refractivity contribution in [2.24, 2.45) is 39.7 Å². The second kappa shape index (κ2) is 7.18. The molecule has 160 valence electrons. The third-order valence-corrected chi connectivity index (χ3v) is 9.64. The lowest BCUT2D eigenvalue weighted by Crippen LogP contribution is -2.56. The molecule has 4 saturated carbocycles. The number of fused-ring (bicyclic) bond motifs is 5. The summed E-state index contributed by atoms with van der Waals surface area (Å²) in [5.41, 5.74) is 0.988. The monoisotopic (exact) mass is 400 g/mol.